The van der Waals surface area contributed by atoms with E-state index in [4.69, 9.17) is 0 Å². The molecule has 0 atom stereocenters. The molecular formula is C17H12N3O+. The quantitative estimate of drug-likeness (QED) is 0.428. The fourth-order valence-corrected chi connectivity index (χ4v) is 2.50. The molecule has 21 heavy (non-hydrogen) atoms. The molecule has 0 aliphatic heterocycles. The van der Waals surface area contributed by atoms with Gasteiger partial charge in [0.15, 0.2) is 5.52 Å². The lowest BCUT2D eigenvalue weighted by Crippen LogP contribution is -2.34. The molecule has 0 fully saturated rings. The fourth-order valence-electron chi connectivity index (χ4n) is 2.50. The number of benzene rings is 2. The fraction of sp³-hybridized carbons (Fsp3) is 0. The van der Waals surface area contributed by atoms with E-state index in [0.29, 0.717) is 11.3 Å². The van der Waals surface area contributed by atoms with Gasteiger partial charge in [0.05, 0.1) is 0 Å². The molecule has 2 heterocycles. The normalized spacial score (nSPS) is 11.0. The van der Waals surface area contributed by atoms with Crippen molar-refractivity contribution < 1.29 is 4.52 Å². The lowest BCUT2D eigenvalue weighted by Gasteiger charge is -2.00. The van der Waals surface area contributed by atoms with E-state index in [0.717, 1.165) is 16.5 Å². The number of para-hydroxylation sites is 1. The molecule has 4 aromatic rings. The molecule has 4 nitrogen and oxygen atoms in total. The predicted octanol–water partition coefficient (Wildman–Crippen LogP) is 2.33. The first-order chi connectivity index (χ1) is 10.3. The summed E-state index contributed by atoms with van der Waals surface area (Å²) in [6.07, 6.45) is 0. The van der Waals surface area contributed by atoms with Gasteiger partial charge in [0.2, 0.25) is 5.69 Å². The highest BCUT2D eigenvalue weighted by Crippen LogP contribution is 2.12. The summed E-state index contributed by atoms with van der Waals surface area (Å²) in [7, 11) is 0. The summed E-state index contributed by atoms with van der Waals surface area (Å²) in [6, 6.07) is 21.3. The van der Waals surface area contributed by atoms with Gasteiger partial charge in [0.25, 0.3) is 0 Å². The number of aromatic amines is 1. The zero-order valence-electron chi connectivity index (χ0n) is 11.2. The summed E-state index contributed by atoms with van der Waals surface area (Å²) >= 11 is 0. The standard InChI is InChI=1S/C17H11N3O/c21-17-16(13-7-2-1-3-8-13)19-20-14-9-5-4-6-12(14)10-11-15(20)18-17/h1-11H/p+1. The molecule has 0 aliphatic carbocycles. The molecule has 0 saturated heterocycles. The highest BCUT2D eigenvalue weighted by atomic mass is 16.1. The molecule has 0 unspecified atom stereocenters. The van der Waals surface area contributed by atoms with Crippen molar-refractivity contribution in [3.63, 3.8) is 0 Å². The Kier molecular flexibility index (Phi) is 2.54. The topological polar surface area (TPSA) is 49.9 Å². The van der Waals surface area contributed by atoms with E-state index in [1.165, 1.54) is 0 Å². The third-order valence-electron chi connectivity index (χ3n) is 3.52. The average molecular weight is 274 g/mol. The van der Waals surface area contributed by atoms with Crippen molar-refractivity contribution in [1.29, 1.82) is 0 Å². The van der Waals surface area contributed by atoms with E-state index in [-0.39, 0.29) is 5.56 Å². The van der Waals surface area contributed by atoms with Crippen molar-refractivity contribution in [2.24, 2.45) is 0 Å². The lowest BCUT2D eigenvalue weighted by molar-refractivity contribution is -0.554. The van der Waals surface area contributed by atoms with Crippen LogP contribution in [0, 0.1) is 0 Å². The number of aromatic nitrogens is 3. The van der Waals surface area contributed by atoms with E-state index in [1.807, 2.05) is 66.7 Å². The number of fused-ring (bicyclic) bond motifs is 3. The second-order valence-electron chi connectivity index (χ2n) is 4.86. The molecule has 0 amide bonds. The first-order valence-electron chi connectivity index (χ1n) is 6.72. The largest absolute Gasteiger partial charge is 0.362 e. The van der Waals surface area contributed by atoms with Crippen molar-refractivity contribution in [1.82, 2.24) is 10.1 Å². The maximum Gasteiger partial charge on any atom is 0.362 e. The van der Waals surface area contributed by atoms with E-state index in [9.17, 15) is 4.79 Å². The van der Waals surface area contributed by atoms with Crippen LogP contribution >= 0.6 is 0 Å². The average Bonchev–Trinajstić information content (AvgIpc) is 2.55. The van der Waals surface area contributed by atoms with Gasteiger partial charge >= 0.3 is 11.2 Å². The summed E-state index contributed by atoms with van der Waals surface area (Å²) in [5.41, 5.74) is 2.68. The molecule has 0 aliphatic rings. The van der Waals surface area contributed by atoms with Gasteiger partial charge in [-0.3, -0.25) is 0 Å². The highest BCUT2D eigenvalue weighted by Gasteiger charge is 2.15. The Morgan fingerprint density at radius 2 is 1.62 bits per heavy atom. The van der Waals surface area contributed by atoms with Crippen molar-refractivity contribution in [2.75, 3.05) is 0 Å². The van der Waals surface area contributed by atoms with Crippen LogP contribution in [-0.2, 0) is 0 Å². The van der Waals surface area contributed by atoms with E-state index >= 15 is 0 Å². The summed E-state index contributed by atoms with van der Waals surface area (Å²) in [5.74, 6) is 0. The Morgan fingerprint density at radius 3 is 2.48 bits per heavy atom. The molecule has 100 valence electrons. The minimum absolute atomic E-state index is 0.184. The molecular weight excluding hydrogens is 262 g/mol. The van der Waals surface area contributed by atoms with Crippen LogP contribution in [-0.4, -0.2) is 10.1 Å². The van der Waals surface area contributed by atoms with E-state index in [1.54, 1.807) is 4.52 Å². The number of hydrogen-bond donors (Lipinski definition) is 1. The third-order valence-corrected chi connectivity index (χ3v) is 3.52. The van der Waals surface area contributed by atoms with Gasteiger partial charge in [0, 0.05) is 17.0 Å². The summed E-state index contributed by atoms with van der Waals surface area (Å²) in [6.45, 7) is 0. The Hall–Kier alpha value is -3.01. The monoisotopic (exact) mass is 274 g/mol. The molecule has 0 bridgehead atoms. The van der Waals surface area contributed by atoms with Crippen molar-refractivity contribution in [2.45, 2.75) is 0 Å². The van der Waals surface area contributed by atoms with Crippen LogP contribution in [0.15, 0.2) is 71.5 Å². The Balaban J connectivity index is 2.12. The first kappa shape index (κ1) is 11.8. The van der Waals surface area contributed by atoms with Crippen LogP contribution in [0.3, 0.4) is 0 Å². The Bertz CT molecular complexity index is 1010. The van der Waals surface area contributed by atoms with Crippen molar-refractivity contribution in [3.05, 3.63) is 77.1 Å². The SMILES string of the molecule is O=c1[nH]c2ccc3ccccc3[n+]2nc1-c1ccccc1. The molecule has 2 aromatic heterocycles. The van der Waals surface area contributed by atoms with Crippen LogP contribution in [0.4, 0.5) is 0 Å². The van der Waals surface area contributed by atoms with Gasteiger partial charge in [-0.25, -0.2) is 9.78 Å². The van der Waals surface area contributed by atoms with Gasteiger partial charge in [0.1, 0.15) is 0 Å². The Morgan fingerprint density at radius 1 is 0.857 bits per heavy atom. The van der Waals surface area contributed by atoms with Crippen LogP contribution < -0.4 is 10.1 Å². The number of rotatable bonds is 1. The molecule has 2 aromatic carbocycles. The van der Waals surface area contributed by atoms with Crippen LogP contribution in [0.1, 0.15) is 0 Å². The molecule has 4 rings (SSSR count). The minimum atomic E-state index is -0.184. The van der Waals surface area contributed by atoms with Gasteiger partial charge in [-0.2, -0.15) is 0 Å². The summed E-state index contributed by atoms with van der Waals surface area (Å²) < 4.78 is 1.78. The number of H-pyrrole nitrogens is 1. The van der Waals surface area contributed by atoms with E-state index in [2.05, 4.69) is 10.1 Å². The van der Waals surface area contributed by atoms with Crippen LogP contribution in [0.2, 0.25) is 0 Å². The molecule has 0 spiro atoms. The van der Waals surface area contributed by atoms with Crippen molar-refractivity contribution >= 4 is 16.6 Å². The smallest absolute Gasteiger partial charge is 0.239 e. The molecule has 0 radical (unpaired) electrons. The second kappa shape index (κ2) is 4.52. The van der Waals surface area contributed by atoms with Crippen LogP contribution in [0.25, 0.3) is 27.8 Å². The van der Waals surface area contributed by atoms with Crippen LogP contribution in [0.5, 0.6) is 0 Å². The second-order valence-corrected chi connectivity index (χ2v) is 4.86. The molecule has 4 heteroatoms. The van der Waals surface area contributed by atoms with Gasteiger partial charge < -0.3 is 0 Å². The Labute approximate surface area is 120 Å². The van der Waals surface area contributed by atoms with Gasteiger partial charge in [-0.15, -0.1) is 0 Å². The van der Waals surface area contributed by atoms with Gasteiger partial charge in [-0.05, 0) is 12.1 Å². The highest BCUT2D eigenvalue weighted by molar-refractivity contribution is 5.76. The predicted molar refractivity (Wildman–Crippen MR) is 81.0 cm³/mol. The number of nitrogens with one attached hydrogen (secondary N) is 1. The lowest BCUT2D eigenvalue weighted by atomic mass is 10.2. The maximum atomic E-state index is 12.2. The number of nitrogens with zero attached hydrogens (tertiary/aromatic N) is 2. The summed E-state index contributed by atoms with van der Waals surface area (Å²) in [4.78, 5) is 15.1. The maximum absolute atomic E-state index is 12.2. The first-order valence-corrected chi connectivity index (χ1v) is 6.72. The third kappa shape index (κ3) is 1.89. The minimum Gasteiger partial charge on any atom is -0.239 e. The number of hydrogen-bond acceptors (Lipinski definition) is 2. The zero-order chi connectivity index (χ0) is 14.2. The van der Waals surface area contributed by atoms with Gasteiger partial charge in [-0.1, -0.05) is 58.1 Å². The van der Waals surface area contributed by atoms with Crippen molar-refractivity contribution in [3.8, 4) is 11.3 Å². The number of pyridine rings is 1. The summed E-state index contributed by atoms with van der Waals surface area (Å²) in [5, 5.41) is 5.62. The zero-order valence-corrected chi connectivity index (χ0v) is 11.2. The van der Waals surface area contributed by atoms with E-state index < -0.39 is 0 Å². The molecule has 0 saturated carbocycles. The molecule has 1 N–H and O–H groups in total.